The highest BCUT2D eigenvalue weighted by Gasteiger charge is 2.32. The number of rotatable bonds is 4. The van der Waals surface area contributed by atoms with Gasteiger partial charge in [-0.05, 0) is 12.1 Å². The number of nitrogens with zero attached hydrogens (tertiary/aromatic N) is 2. The fourth-order valence-electron chi connectivity index (χ4n) is 1.32. The molecular formula is C10H7F3N4O3. The van der Waals surface area contributed by atoms with E-state index >= 15 is 0 Å². The molecule has 20 heavy (non-hydrogen) atoms. The third kappa shape index (κ3) is 3.37. The van der Waals surface area contributed by atoms with Crippen LogP contribution in [-0.4, -0.2) is 32.6 Å². The first-order chi connectivity index (χ1) is 9.35. The van der Waals surface area contributed by atoms with Crippen molar-refractivity contribution in [3.8, 4) is 5.75 Å². The summed E-state index contributed by atoms with van der Waals surface area (Å²) in [6.45, 7) is 0. The van der Waals surface area contributed by atoms with E-state index in [1.54, 1.807) is 0 Å². The maximum Gasteiger partial charge on any atom is 0.573 e. The van der Waals surface area contributed by atoms with Crippen LogP contribution in [0.1, 0.15) is 10.6 Å². The summed E-state index contributed by atoms with van der Waals surface area (Å²) in [7, 11) is 0. The van der Waals surface area contributed by atoms with Gasteiger partial charge in [-0.25, -0.2) is 4.79 Å². The Morgan fingerprint density at radius 2 is 2.05 bits per heavy atom. The molecule has 0 aliphatic heterocycles. The van der Waals surface area contributed by atoms with Crippen LogP contribution in [0.25, 0.3) is 0 Å². The second kappa shape index (κ2) is 5.07. The van der Waals surface area contributed by atoms with Crippen molar-refractivity contribution < 1.29 is 27.8 Å². The lowest BCUT2D eigenvalue weighted by molar-refractivity contribution is -0.274. The van der Waals surface area contributed by atoms with E-state index in [1.165, 1.54) is 18.2 Å². The minimum Gasteiger partial charge on any atom is -0.475 e. The highest BCUT2D eigenvalue weighted by atomic mass is 19.4. The van der Waals surface area contributed by atoms with Gasteiger partial charge < -0.3 is 15.2 Å². The number of carboxylic acid groups (broad SMARTS) is 1. The highest BCUT2D eigenvalue weighted by Crippen LogP contribution is 2.31. The van der Waals surface area contributed by atoms with Crippen LogP contribution in [0.15, 0.2) is 24.3 Å². The van der Waals surface area contributed by atoms with Crippen molar-refractivity contribution in [3.63, 3.8) is 0 Å². The van der Waals surface area contributed by atoms with Gasteiger partial charge in [-0.3, -0.25) is 5.10 Å². The largest absolute Gasteiger partial charge is 0.573 e. The maximum atomic E-state index is 12.2. The SMILES string of the molecule is O=C(O)c1nc(Nc2ccccc2OC(F)(F)F)n[nH]1. The molecule has 0 unspecified atom stereocenters. The highest BCUT2D eigenvalue weighted by molar-refractivity contribution is 5.83. The molecule has 3 N–H and O–H groups in total. The van der Waals surface area contributed by atoms with E-state index in [0.717, 1.165) is 6.07 Å². The number of carbonyl (C=O) groups is 1. The molecule has 1 aromatic heterocycles. The van der Waals surface area contributed by atoms with E-state index in [1.807, 2.05) is 0 Å². The number of aromatic amines is 1. The van der Waals surface area contributed by atoms with Crippen LogP contribution in [0.5, 0.6) is 5.75 Å². The summed E-state index contributed by atoms with van der Waals surface area (Å²) < 4.78 is 40.4. The molecule has 10 heteroatoms. The van der Waals surface area contributed by atoms with Gasteiger partial charge in [0, 0.05) is 0 Å². The van der Waals surface area contributed by atoms with E-state index in [4.69, 9.17) is 5.11 Å². The zero-order valence-electron chi connectivity index (χ0n) is 9.60. The average molecular weight is 288 g/mol. The number of benzene rings is 1. The van der Waals surface area contributed by atoms with Crippen LogP contribution in [0.4, 0.5) is 24.8 Å². The Balaban J connectivity index is 2.22. The lowest BCUT2D eigenvalue weighted by atomic mass is 10.3. The van der Waals surface area contributed by atoms with E-state index < -0.39 is 23.9 Å². The van der Waals surface area contributed by atoms with Crippen molar-refractivity contribution >= 4 is 17.6 Å². The monoisotopic (exact) mass is 288 g/mol. The lowest BCUT2D eigenvalue weighted by Crippen LogP contribution is -2.17. The van der Waals surface area contributed by atoms with Crippen molar-refractivity contribution in [2.45, 2.75) is 6.36 Å². The standard InChI is InChI=1S/C10H7F3N4O3/c11-10(12,13)20-6-4-2-1-3-5(6)14-9-15-7(8(18)19)16-17-9/h1-4H,(H,18,19)(H2,14,15,16,17). The topological polar surface area (TPSA) is 100 Å². The molecule has 106 valence electrons. The molecule has 0 saturated heterocycles. The number of carboxylic acids is 1. The van der Waals surface area contributed by atoms with Gasteiger partial charge in [0.1, 0.15) is 0 Å². The summed E-state index contributed by atoms with van der Waals surface area (Å²) in [6.07, 6.45) is -4.84. The van der Waals surface area contributed by atoms with E-state index in [-0.39, 0.29) is 11.6 Å². The zero-order valence-corrected chi connectivity index (χ0v) is 9.60. The average Bonchev–Trinajstić information content (AvgIpc) is 2.78. The number of anilines is 2. The van der Waals surface area contributed by atoms with Gasteiger partial charge in [-0.2, -0.15) is 4.98 Å². The summed E-state index contributed by atoms with van der Waals surface area (Å²) in [5, 5.41) is 16.7. The van der Waals surface area contributed by atoms with Gasteiger partial charge in [0.25, 0.3) is 0 Å². The predicted molar refractivity (Wildman–Crippen MR) is 59.7 cm³/mol. The Labute approximate surface area is 109 Å². The maximum absolute atomic E-state index is 12.2. The Hall–Kier alpha value is -2.78. The van der Waals surface area contributed by atoms with Gasteiger partial charge >= 0.3 is 12.3 Å². The van der Waals surface area contributed by atoms with Gasteiger partial charge in [0.05, 0.1) is 5.69 Å². The fraction of sp³-hybridized carbons (Fsp3) is 0.100. The first-order valence-electron chi connectivity index (χ1n) is 5.12. The van der Waals surface area contributed by atoms with E-state index in [2.05, 4.69) is 25.2 Å². The molecule has 0 aliphatic rings. The number of aromatic carboxylic acids is 1. The number of halogens is 3. The van der Waals surface area contributed by atoms with Crippen molar-refractivity contribution in [2.24, 2.45) is 0 Å². The Morgan fingerprint density at radius 3 is 2.65 bits per heavy atom. The van der Waals surface area contributed by atoms with E-state index in [9.17, 15) is 18.0 Å². The third-order valence-electron chi connectivity index (χ3n) is 2.05. The number of hydrogen-bond acceptors (Lipinski definition) is 5. The quantitative estimate of drug-likeness (QED) is 0.797. The van der Waals surface area contributed by atoms with Gasteiger partial charge in [-0.1, -0.05) is 12.1 Å². The molecule has 0 spiro atoms. The summed E-state index contributed by atoms with van der Waals surface area (Å²) >= 11 is 0. The number of H-pyrrole nitrogens is 1. The lowest BCUT2D eigenvalue weighted by Gasteiger charge is -2.12. The van der Waals surface area contributed by atoms with Crippen molar-refractivity contribution in [3.05, 3.63) is 30.1 Å². The molecule has 0 fully saturated rings. The van der Waals surface area contributed by atoms with Crippen molar-refractivity contribution in [1.29, 1.82) is 0 Å². The first kappa shape index (κ1) is 13.6. The smallest absolute Gasteiger partial charge is 0.475 e. The number of aromatic nitrogens is 3. The number of ether oxygens (including phenoxy) is 1. The van der Waals surface area contributed by atoms with Crippen molar-refractivity contribution in [1.82, 2.24) is 15.2 Å². The Kier molecular flexibility index (Phi) is 3.46. The van der Waals surface area contributed by atoms with Crippen LogP contribution >= 0.6 is 0 Å². The molecule has 7 nitrogen and oxygen atoms in total. The molecule has 2 rings (SSSR count). The minimum atomic E-state index is -4.84. The molecular weight excluding hydrogens is 281 g/mol. The van der Waals surface area contributed by atoms with Gasteiger partial charge in [0.2, 0.25) is 11.8 Å². The number of para-hydroxylation sites is 2. The van der Waals surface area contributed by atoms with Crippen LogP contribution in [0.2, 0.25) is 0 Å². The molecule has 0 amide bonds. The number of alkyl halides is 3. The molecule has 1 heterocycles. The van der Waals surface area contributed by atoms with Crippen LogP contribution < -0.4 is 10.1 Å². The minimum absolute atomic E-state index is 0.0548. The molecule has 0 radical (unpaired) electrons. The van der Waals surface area contributed by atoms with Crippen molar-refractivity contribution in [2.75, 3.05) is 5.32 Å². The zero-order chi connectivity index (χ0) is 14.8. The predicted octanol–water partition coefficient (Wildman–Crippen LogP) is 2.15. The van der Waals surface area contributed by atoms with Crippen LogP contribution in [0.3, 0.4) is 0 Å². The number of nitrogens with one attached hydrogen (secondary N) is 2. The molecule has 0 aliphatic carbocycles. The molecule has 1 aromatic carbocycles. The second-order valence-corrected chi connectivity index (χ2v) is 3.48. The van der Waals surface area contributed by atoms with Gasteiger partial charge in [0.15, 0.2) is 5.75 Å². The Morgan fingerprint density at radius 1 is 1.35 bits per heavy atom. The summed E-state index contributed by atoms with van der Waals surface area (Å²) in [6, 6.07) is 5.22. The third-order valence-corrected chi connectivity index (χ3v) is 2.05. The first-order valence-corrected chi connectivity index (χ1v) is 5.12. The molecule has 2 aromatic rings. The van der Waals surface area contributed by atoms with E-state index in [0.29, 0.717) is 0 Å². The molecule has 0 saturated carbocycles. The van der Waals surface area contributed by atoms with Crippen LogP contribution in [0, 0.1) is 0 Å². The summed E-state index contributed by atoms with van der Waals surface area (Å²) in [5.41, 5.74) is -0.0548. The molecule has 0 bridgehead atoms. The van der Waals surface area contributed by atoms with Crippen LogP contribution in [-0.2, 0) is 0 Å². The number of hydrogen-bond donors (Lipinski definition) is 3. The molecule has 0 atom stereocenters. The van der Waals surface area contributed by atoms with Gasteiger partial charge in [-0.15, -0.1) is 18.3 Å². The normalized spacial score (nSPS) is 11.2. The summed E-state index contributed by atoms with van der Waals surface area (Å²) in [4.78, 5) is 14.1. The fourth-order valence-corrected chi connectivity index (χ4v) is 1.32. The Bertz CT molecular complexity index is 626. The summed E-state index contributed by atoms with van der Waals surface area (Å²) in [5.74, 6) is -2.46. The second-order valence-electron chi connectivity index (χ2n) is 3.48.